The molecular formula is C12H23NO3. The summed E-state index contributed by atoms with van der Waals surface area (Å²) >= 11 is 0. The molecule has 2 atom stereocenters. The summed E-state index contributed by atoms with van der Waals surface area (Å²) in [4.78, 5) is 2.13. The van der Waals surface area contributed by atoms with Gasteiger partial charge >= 0.3 is 0 Å². The Kier molecular flexibility index (Phi) is 3.85. The van der Waals surface area contributed by atoms with Gasteiger partial charge in [0.05, 0.1) is 11.7 Å². The van der Waals surface area contributed by atoms with Crippen molar-refractivity contribution in [3.63, 3.8) is 0 Å². The third-order valence-electron chi connectivity index (χ3n) is 3.98. The van der Waals surface area contributed by atoms with Crippen molar-refractivity contribution in [1.29, 1.82) is 0 Å². The second-order valence-corrected chi connectivity index (χ2v) is 5.32. The van der Waals surface area contributed by atoms with Crippen LogP contribution < -0.4 is 0 Å². The Morgan fingerprint density at radius 2 is 2.00 bits per heavy atom. The molecule has 2 unspecified atom stereocenters. The molecule has 0 aromatic carbocycles. The van der Waals surface area contributed by atoms with Crippen LogP contribution in [0.3, 0.4) is 0 Å². The average Bonchev–Trinajstić information content (AvgIpc) is 2.65. The van der Waals surface area contributed by atoms with Gasteiger partial charge in [-0.1, -0.05) is 0 Å². The molecule has 2 fully saturated rings. The van der Waals surface area contributed by atoms with Crippen LogP contribution in [0.2, 0.25) is 0 Å². The summed E-state index contributed by atoms with van der Waals surface area (Å²) in [6.07, 6.45) is 4.24. The van der Waals surface area contributed by atoms with E-state index in [1.165, 1.54) is 0 Å². The molecule has 1 saturated carbocycles. The van der Waals surface area contributed by atoms with E-state index in [1.807, 2.05) is 7.05 Å². The van der Waals surface area contributed by atoms with E-state index in [9.17, 15) is 10.2 Å². The normalized spacial score (nSPS) is 34.5. The zero-order valence-electron chi connectivity index (χ0n) is 10.1. The Morgan fingerprint density at radius 1 is 1.31 bits per heavy atom. The second-order valence-electron chi connectivity index (χ2n) is 5.32. The topological polar surface area (TPSA) is 52.9 Å². The molecule has 0 aromatic rings. The third-order valence-corrected chi connectivity index (χ3v) is 3.98. The number of nitrogens with zero attached hydrogens (tertiary/aromatic N) is 1. The first-order valence-electron chi connectivity index (χ1n) is 6.29. The molecule has 0 aromatic heterocycles. The molecule has 2 rings (SSSR count). The minimum absolute atomic E-state index is 0.214. The van der Waals surface area contributed by atoms with Crippen molar-refractivity contribution in [3.05, 3.63) is 0 Å². The quantitative estimate of drug-likeness (QED) is 0.734. The highest BCUT2D eigenvalue weighted by atomic mass is 16.5. The molecule has 1 aliphatic heterocycles. The van der Waals surface area contributed by atoms with Crippen LogP contribution in [0, 0.1) is 0 Å². The van der Waals surface area contributed by atoms with Crippen molar-refractivity contribution in [3.8, 4) is 0 Å². The highest BCUT2D eigenvalue weighted by Gasteiger charge is 2.36. The molecule has 1 heterocycles. The minimum Gasteiger partial charge on any atom is -0.391 e. The molecule has 94 valence electrons. The lowest BCUT2D eigenvalue weighted by Crippen LogP contribution is -2.50. The third kappa shape index (κ3) is 2.74. The zero-order chi connectivity index (χ0) is 11.6. The van der Waals surface area contributed by atoms with Gasteiger partial charge in [-0.2, -0.15) is 0 Å². The van der Waals surface area contributed by atoms with E-state index in [1.54, 1.807) is 0 Å². The molecule has 4 nitrogen and oxygen atoms in total. The largest absolute Gasteiger partial charge is 0.391 e. The first kappa shape index (κ1) is 12.3. The molecule has 0 spiro atoms. The fourth-order valence-electron chi connectivity index (χ4n) is 2.93. The number of ether oxygens (including phenoxy) is 1. The van der Waals surface area contributed by atoms with Crippen LogP contribution in [-0.2, 0) is 4.74 Å². The van der Waals surface area contributed by atoms with E-state index in [0.29, 0.717) is 32.6 Å². The van der Waals surface area contributed by atoms with Crippen molar-refractivity contribution in [2.24, 2.45) is 0 Å². The number of hydrogen-bond acceptors (Lipinski definition) is 4. The Bertz CT molecular complexity index is 228. The van der Waals surface area contributed by atoms with Gasteiger partial charge in [0.15, 0.2) is 0 Å². The van der Waals surface area contributed by atoms with E-state index >= 15 is 0 Å². The van der Waals surface area contributed by atoms with Gasteiger partial charge in [0.2, 0.25) is 0 Å². The van der Waals surface area contributed by atoms with Crippen LogP contribution in [0.15, 0.2) is 0 Å². The number of hydrogen-bond donors (Lipinski definition) is 2. The van der Waals surface area contributed by atoms with Gasteiger partial charge in [-0.3, -0.25) is 4.90 Å². The highest BCUT2D eigenvalue weighted by Crippen LogP contribution is 2.27. The molecule has 1 aliphatic carbocycles. The van der Waals surface area contributed by atoms with Gasteiger partial charge in [-0.05, 0) is 26.3 Å². The molecule has 0 bridgehead atoms. The summed E-state index contributed by atoms with van der Waals surface area (Å²) in [5.74, 6) is 0. The molecule has 0 radical (unpaired) electrons. The van der Waals surface area contributed by atoms with Crippen molar-refractivity contribution in [2.45, 2.75) is 49.9 Å². The van der Waals surface area contributed by atoms with Gasteiger partial charge in [0.25, 0.3) is 0 Å². The number of likely N-dealkylation sites (N-methyl/N-ethyl adjacent to an activating group) is 1. The number of aliphatic hydroxyl groups excluding tert-OH is 1. The maximum absolute atomic E-state index is 10.4. The van der Waals surface area contributed by atoms with E-state index in [4.69, 9.17) is 4.74 Å². The van der Waals surface area contributed by atoms with E-state index in [-0.39, 0.29) is 12.1 Å². The van der Waals surface area contributed by atoms with Crippen LogP contribution in [0.4, 0.5) is 0 Å². The van der Waals surface area contributed by atoms with Crippen molar-refractivity contribution in [2.75, 3.05) is 26.8 Å². The first-order valence-corrected chi connectivity index (χ1v) is 6.29. The standard InChI is InChI=1S/C12H23NO3/c1-13(10-3-2-4-11(10)14)9-12(15)5-7-16-8-6-12/h10-11,14-15H,2-9H2,1H3. The van der Waals surface area contributed by atoms with Gasteiger partial charge in [-0.15, -0.1) is 0 Å². The Hall–Kier alpha value is -0.160. The Balaban J connectivity index is 1.87. The molecule has 2 N–H and O–H groups in total. The zero-order valence-corrected chi connectivity index (χ0v) is 10.1. The van der Waals surface area contributed by atoms with Gasteiger partial charge in [0.1, 0.15) is 0 Å². The monoisotopic (exact) mass is 229 g/mol. The molecule has 16 heavy (non-hydrogen) atoms. The van der Waals surface area contributed by atoms with Crippen LogP contribution in [0.5, 0.6) is 0 Å². The molecular weight excluding hydrogens is 206 g/mol. The van der Waals surface area contributed by atoms with Gasteiger partial charge in [-0.25, -0.2) is 0 Å². The van der Waals surface area contributed by atoms with Crippen molar-refractivity contribution in [1.82, 2.24) is 4.90 Å². The smallest absolute Gasteiger partial charge is 0.0817 e. The Labute approximate surface area is 97.2 Å². The maximum atomic E-state index is 10.4. The minimum atomic E-state index is -0.616. The predicted molar refractivity (Wildman–Crippen MR) is 61.3 cm³/mol. The molecule has 0 amide bonds. The van der Waals surface area contributed by atoms with Crippen LogP contribution in [-0.4, -0.2) is 59.7 Å². The predicted octanol–water partition coefficient (Wildman–Crippen LogP) is 0.373. The van der Waals surface area contributed by atoms with Gasteiger partial charge < -0.3 is 14.9 Å². The van der Waals surface area contributed by atoms with E-state index < -0.39 is 5.60 Å². The van der Waals surface area contributed by atoms with Crippen LogP contribution >= 0.6 is 0 Å². The highest BCUT2D eigenvalue weighted by molar-refractivity contribution is 4.90. The summed E-state index contributed by atoms with van der Waals surface area (Å²) in [6.45, 7) is 1.95. The average molecular weight is 229 g/mol. The number of rotatable bonds is 3. The lowest BCUT2D eigenvalue weighted by molar-refractivity contribution is -0.0857. The summed E-state index contributed by atoms with van der Waals surface area (Å²) in [5, 5.41) is 20.2. The lowest BCUT2D eigenvalue weighted by Gasteiger charge is -2.38. The van der Waals surface area contributed by atoms with E-state index in [2.05, 4.69) is 4.90 Å². The summed E-state index contributed by atoms with van der Waals surface area (Å²) in [7, 11) is 2.01. The summed E-state index contributed by atoms with van der Waals surface area (Å²) in [5.41, 5.74) is -0.616. The van der Waals surface area contributed by atoms with Crippen LogP contribution in [0.25, 0.3) is 0 Å². The fourth-order valence-corrected chi connectivity index (χ4v) is 2.93. The summed E-state index contributed by atoms with van der Waals surface area (Å²) in [6, 6.07) is 0.229. The second kappa shape index (κ2) is 5.00. The lowest BCUT2D eigenvalue weighted by atomic mass is 9.93. The number of aliphatic hydroxyl groups is 2. The molecule has 1 saturated heterocycles. The molecule has 2 aliphatic rings. The van der Waals surface area contributed by atoms with Crippen molar-refractivity contribution >= 4 is 0 Å². The summed E-state index contributed by atoms with van der Waals surface area (Å²) < 4.78 is 5.27. The van der Waals surface area contributed by atoms with Crippen molar-refractivity contribution < 1.29 is 14.9 Å². The fraction of sp³-hybridized carbons (Fsp3) is 1.00. The SMILES string of the molecule is CN(CC1(O)CCOCC1)C1CCCC1O. The van der Waals surface area contributed by atoms with Crippen LogP contribution in [0.1, 0.15) is 32.1 Å². The van der Waals surface area contributed by atoms with Gasteiger partial charge in [0, 0.05) is 38.6 Å². The Morgan fingerprint density at radius 3 is 2.56 bits per heavy atom. The van der Waals surface area contributed by atoms with E-state index in [0.717, 1.165) is 19.3 Å². The maximum Gasteiger partial charge on any atom is 0.0817 e. The molecule has 4 heteroatoms. The first-order chi connectivity index (χ1) is 7.61.